The number of hydrogen-bond acceptors (Lipinski definition) is 6. The van der Waals surface area contributed by atoms with E-state index in [1.54, 1.807) is 11.3 Å². The third-order valence-electron chi connectivity index (χ3n) is 4.07. The number of fused-ring (bicyclic) bond motifs is 4. The normalized spacial score (nSPS) is 17.3. The van der Waals surface area contributed by atoms with Crippen molar-refractivity contribution in [2.24, 2.45) is 10.7 Å². The number of benzene rings is 1. The van der Waals surface area contributed by atoms with Gasteiger partial charge >= 0.3 is 0 Å². The lowest BCUT2D eigenvalue weighted by Crippen LogP contribution is -2.32. The van der Waals surface area contributed by atoms with Crippen LogP contribution in [0.25, 0.3) is 16.0 Å². The predicted molar refractivity (Wildman–Crippen MR) is 90.9 cm³/mol. The molecule has 0 fully saturated rings. The number of anilines is 1. The van der Waals surface area contributed by atoms with Crippen molar-refractivity contribution in [1.29, 1.82) is 0 Å². The van der Waals surface area contributed by atoms with Crippen LogP contribution in [-0.4, -0.2) is 24.9 Å². The van der Waals surface area contributed by atoms with E-state index in [-0.39, 0.29) is 6.17 Å². The van der Waals surface area contributed by atoms with Gasteiger partial charge < -0.3 is 5.73 Å². The Morgan fingerprint density at radius 3 is 3.04 bits per heavy atom. The lowest BCUT2D eigenvalue weighted by atomic mass is 10.2. The number of guanidine groups is 1. The van der Waals surface area contributed by atoms with E-state index in [9.17, 15) is 0 Å². The summed E-state index contributed by atoms with van der Waals surface area (Å²) >= 11 is 1.61. The van der Waals surface area contributed by atoms with Gasteiger partial charge in [0, 0.05) is 11.6 Å². The molecule has 0 amide bonds. The first-order chi connectivity index (χ1) is 11.2. The van der Waals surface area contributed by atoms with Crippen LogP contribution >= 0.6 is 11.3 Å². The highest BCUT2D eigenvalue weighted by molar-refractivity contribution is 7.15. The third kappa shape index (κ3) is 1.66. The third-order valence-corrected chi connectivity index (χ3v) is 4.83. The van der Waals surface area contributed by atoms with E-state index in [2.05, 4.69) is 29.2 Å². The molecular formula is C15H13N7S. The molecule has 0 bridgehead atoms. The van der Waals surface area contributed by atoms with E-state index in [0.29, 0.717) is 11.9 Å². The van der Waals surface area contributed by atoms with Crippen molar-refractivity contribution in [1.82, 2.24) is 18.9 Å². The number of nitrogens with two attached hydrogens (primary N) is 1. The van der Waals surface area contributed by atoms with Crippen LogP contribution in [-0.2, 0) is 0 Å². The fourth-order valence-electron chi connectivity index (χ4n) is 3.12. The van der Waals surface area contributed by atoms with Crippen LogP contribution in [0.5, 0.6) is 0 Å². The summed E-state index contributed by atoms with van der Waals surface area (Å²) in [6, 6.07) is 8.00. The van der Waals surface area contributed by atoms with Crippen LogP contribution in [0.3, 0.4) is 0 Å². The van der Waals surface area contributed by atoms with Gasteiger partial charge in [0.2, 0.25) is 5.95 Å². The molecule has 114 valence electrons. The van der Waals surface area contributed by atoms with Gasteiger partial charge in [-0.3, -0.25) is 14.3 Å². The topological polar surface area (TPSA) is 85.5 Å². The fraction of sp³-hybridized carbons (Fsp3) is 0.133. The molecular weight excluding hydrogens is 310 g/mol. The molecule has 3 aromatic heterocycles. The van der Waals surface area contributed by atoms with E-state index in [0.717, 1.165) is 27.4 Å². The number of nitrogens with zero attached hydrogens (tertiary/aromatic N) is 5. The Morgan fingerprint density at radius 1 is 1.26 bits per heavy atom. The Balaban J connectivity index is 1.85. The summed E-state index contributed by atoms with van der Waals surface area (Å²) in [6.45, 7) is 2.00. The zero-order valence-corrected chi connectivity index (χ0v) is 13.1. The molecule has 0 radical (unpaired) electrons. The summed E-state index contributed by atoms with van der Waals surface area (Å²) in [5.41, 5.74) is 9.88. The zero-order valence-electron chi connectivity index (χ0n) is 12.3. The maximum Gasteiger partial charge on any atom is 0.212 e. The van der Waals surface area contributed by atoms with E-state index in [1.165, 1.54) is 0 Å². The maximum atomic E-state index is 6.00. The van der Waals surface area contributed by atoms with Gasteiger partial charge in [0.1, 0.15) is 0 Å². The first-order valence-electron chi connectivity index (χ1n) is 7.21. The Morgan fingerprint density at radius 2 is 2.13 bits per heavy atom. The lowest BCUT2D eigenvalue weighted by molar-refractivity contribution is 0.600. The van der Waals surface area contributed by atoms with Gasteiger partial charge in [0.05, 0.1) is 22.4 Å². The number of hydrogen-bond donors (Lipinski definition) is 2. The monoisotopic (exact) mass is 323 g/mol. The summed E-state index contributed by atoms with van der Waals surface area (Å²) in [5.74, 6) is 1.07. The highest BCUT2D eigenvalue weighted by Crippen LogP contribution is 2.34. The summed E-state index contributed by atoms with van der Waals surface area (Å²) in [4.78, 5) is 14.8. The molecule has 1 aliphatic rings. The average molecular weight is 323 g/mol. The molecule has 4 heterocycles. The summed E-state index contributed by atoms with van der Waals surface area (Å²) in [7, 11) is 0. The Labute approximate surface area is 135 Å². The van der Waals surface area contributed by atoms with Crippen LogP contribution in [0.1, 0.15) is 17.6 Å². The molecule has 1 aromatic carbocycles. The van der Waals surface area contributed by atoms with Crippen molar-refractivity contribution < 1.29 is 0 Å². The quantitative estimate of drug-likeness (QED) is 0.563. The van der Waals surface area contributed by atoms with Gasteiger partial charge in [-0.05, 0) is 19.1 Å². The SMILES string of the molecule is Cc1nc2sccn2c1[C@@H]1N=C(N)Nc2nc3ccccc3n21. The van der Waals surface area contributed by atoms with Gasteiger partial charge in [0.15, 0.2) is 17.1 Å². The van der Waals surface area contributed by atoms with Crippen LogP contribution in [0, 0.1) is 6.92 Å². The van der Waals surface area contributed by atoms with Gasteiger partial charge in [0.25, 0.3) is 0 Å². The second kappa shape index (κ2) is 4.32. The molecule has 8 heteroatoms. The molecule has 0 aliphatic carbocycles. The fourth-order valence-corrected chi connectivity index (χ4v) is 3.89. The van der Waals surface area contributed by atoms with Crippen LogP contribution < -0.4 is 11.1 Å². The number of imidazole rings is 2. The molecule has 23 heavy (non-hydrogen) atoms. The number of nitrogens with one attached hydrogen (secondary N) is 1. The molecule has 0 saturated carbocycles. The second-order valence-corrected chi connectivity index (χ2v) is 6.32. The first kappa shape index (κ1) is 12.7. The predicted octanol–water partition coefficient (Wildman–Crippen LogP) is 2.34. The Bertz CT molecular complexity index is 1080. The molecule has 1 atom stereocenters. The molecule has 7 nitrogen and oxygen atoms in total. The lowest BCUT2D eigenvalue weighted by Gasteiger charge is -2.23. The Kier molecular flexibility index (Phi) is 2.38. The summed E-state index contributed by atoms with van der Waals surface area (Å²) in [5, 5.41) is 5.08. The standard InChI is InChI=1S/C15H13N7S/c1-8-11(21-6-7-23-15(21)17-8)12-19-13(16)20-14-18-9-4-2-3-5-10(9)22(12)14/h2-7,12H,1H3,(H3,16,18,19,20)/t12-/m1/s1. The molecule has 0 saturated heterocycles. The van der Waals surface area contributed by atoms with Crippen molar-refractivity contribution in [3.63, 3.8) is 0 Å². The minimum absolute atomic E-state index is 0.289. The molecule has 3 N–H and O–H groups in total. The second-order valence-electron chi connectivity index (χ2n) is 5.45. The average Bonchev–Trinajstić information content (AvgIpc) is 3.17. The Hall–Kier alpha value is -2.87. The van der Waals surface area contributed by atoms with E-state index >= 15 is 0 Å². The van der Waals surface area contributed by atoms with Crippen molar-refractivity contribution in [3.05, 3.63) is 47.2 Å². The number of aromatic nitrogens is 4. The first-order valence-corrected chi connectivity index (χ1v) is 8.09. The van der Waals surface area contributed by atoms with E-state index in [4.69, 9.17) is 5.73 Å². The van der Waals surface area contributed by atoms with Crippen LogP contribution in [0.15, 0.2) is 40.8 Å². The highest BCUT2D eigenvalue weighted by atomic mass is 32.1. The van der Waals surface area contributed by atoms with Crippen LogP contribution in [0.2, 0.25) is 0 Å². The molecule has 0 unspecified atom stereocenters. The molecule has 4 aromatic rings. The van der Waals surface area contributed by atoms with E-state index < -0.39 is 0 Å². The number of aryl methyl sites for hydroxylation is 1. The van der Waals surface area contributed by atoms with Crippen molar-refractivity contribution in [2.75, 3.05) is 5.32 Å². The maximum absolute atomic E-state index is 6.00. The smallest absolute Gasteiger partial charge is 0.212 e. The largest absolute Gasteiger partial charge is 0.370 e. The molecule has 5 rings (SSSR count). The van der Waals surface area contributed by atoms with Crippen molar-refractivity contribution >= 4 is 39.2 Å². The highest BCUT2D eigenvalue weighted by Gasteiger charge is 2.29. The van der Waals surface area contributed by atoms with E-state index in [1.807, 2.05) is 42.8 Å². The van der Waals surface area contributed by atoms with Gasteiger partial charge in [-0.2, -0.15) is 0 Å². The minimum atomic E-state index is -0.289. The van der Waals surface area contributed by atoms with Gasteiger partial charge in [-0.1, -0.05) is 12.1 Å². The zero-order chi connectivity index (χ0) is 15.6. The van der Waals surface area contributed by atoms with Gasteiger partial charge in [-0.25, -0.2) is 15.0 Å². The number of rotatable bonds is 1. The number of para-hydroxylation sites is 2. The van der Waals surface area contributed by atoms with Gasteiger partial charge in [-0.15, -0.1) is 11.3 Å². The molecule has 0 spiro atoms. The minimum Gasteiger partial charge on any atom is -0.370 e. The van der Waals surface area contributed by atoms with Crippen molar-refractivity contribution in [3.8, 4) is 0 Å². The van der Waals surface area contributed by atoms with Crippen LogP contribution in [0.4, 0.5) is 5.95 Å². The molecule has 1 aliphatic heterocycles. The number of thiazole rings is 1. The summed E-state index contributed by atoms with van der Waals surface area (Å²) < 4.78 is 4.14. The van der Waals surface area contributed by atoms with Crippen molar-refractivity contribution in [2.45, 2.75) is 13.1 Å². The summed E-state index contributed by atoms with van der Waals surface area (Å²) in [6.07, 6.45) is 1.73. The number of aliphatic imine (C=N–C) groups is 1.